The van der Waals surface area contributed by atoms with Crippen LogP contribution in [0.1, 0.15) is 127 Å². The van der Waals surface area contributed by atoms with Crippen molar-refractivity contribution in [3.8, 4) is 11.8 Å². The fourth-order valence-electron chi connectivity index (χ4n) is 6.23. The van der Waals surface area contributed by atoms with Crippen LogP contribution in [0.3, 0.4) is 0 Å². The fraction of sp³-hybridized carbons (Fsp3) is 0.667. The average Bonchev–Trinajstić information content (AvgIpc) is 3.04. The molecule has 1 aliphatic rings. The third-order valence-electron chi connectivity index (χ3n) is 9.04. The second-order valence-electron chi connectivity index (χ2n) is 13.1. The molecule has 8 nitrogen and oxygen atoms in total. The number of aryl methyl sites for hydroxylation is 2. The minimum Gasteiger partial charge on any atom is -0.481 e. The van der Waals surface area contributed by atoms with Crippen LogP contribution in [0, 0.1) is 11.8 Å². The SMILES string of the molecule is CCCCC[C@H](O)C=CC1=C(C[C@H](O)CO)[C@H](CCCCCCC(=O)O)N[C@@H]([C@H](C)O)CC#Cc2c(CCCCO)cccc2CC1. The normalized spacial score (nSPS) is 19.3. The molecule has 1 aromatic carbocycles. The van der Waals surface area contributed by atoms with Gasteiger partial charge in [0, 0.05) is 37.1 Å². The Kier molecular flexibility index (Phi) is 20.6. The summed E-state index contributed by atoms with van der Waals surface area (Å²) in [5, 5.41) is 64.5. The van der Waals surface area contributed by atoms with Crippen molar-refractivity contribution in [2.24, 2.45) is 0 Å². The van der Waals surface area contributed by atoms with Crippen molar-refractivity contribution < 1.29 is 35.4 Å². The minimum absolute atomic E-state index is 0.151. The molecule has 7 N–H and O–H groups in total. The summed E-state index contributed by atoms with van der Waals surface area (Å²) >= 11 is 0. The van der Waals surface area contributed by atoms with Crippen LogP contribution in [-0.2, 0) is 17.6 Å². The predicted octanol–water partition coefficient (Wildman–Crippen LogP) is 5.36. The van der Waals surface area contributed by atoms with Gasteiger partial charge in [0.25, 0.3) is 0 Å². The number of allylic oxidation sites excluding steroid dienone is 2. The summed E-state index contributed by atoms with van der Waals surface area (Å²) in [6.07, 6.45) is 13.7. The van der Waals surface area contributed by atoms with Gasteiger partial charge in [-0.05, 0) is 87.0 Å². The Balaban J connectivity index is 2.61. The number of carboxylic acids is 1. The Morgan fingerprint density at radius 3 is 2.51 bits per heavy atom. The maximum absolute atomic E-state index is 11.0. The van der Waals surface area contributed by atoms with E-state index in [1.165, 1.54) is 0 Å². The molecule has 0 amide bonds. The average molecular weight is 656 g/mol. The van der Waals surface area contributed by atoms with Crippen molar-refractivity contribution in [2.45, 2.75) is 153 Å². The van der Waals surface area contributed by atoms with E-state index in [-0.39, 0.29) is 38.1 Å². The fourth-order valence-corrected chi connectivity index (χ4v) is 6.23. The molecule has 1 aromatic rings. The van der Waals surface area contributed by atoms with Gasteiger partial charge >= 0.3 is 5.97 Å². The lowest BCUT2D eigenvalue weighted by Crippen LogP contribution is -2.46. The van der Waals surface area contributed by atoms with Gasteiger partial charge in [0.2, 0.25) is 0 Å². The number of hydrogen-bond acceptors (Lipinski definition) is 7. The van der Waals surface area contributed by atoms with E-state index < -0.39 is 24.3 Å². The predicted molar refractivity (Wildman–Crippen MR) is 188 cm³/mol. The minimum atomic E-state index is -0.967. The van der Waals surface area contributed by atoms with E-state index in [2.05, 4.69) is 42.3 Å². The third-order valence-corrected chi connectivity index (χ3v) is 9.04. The first kappa shape index (κ1) is 40.7. The topological polar surface area (TPSA) is 150 Å². The molecule has 47 heavy (non-hydrogen) atoms. The van der Waals surface area contributed by atoms with Crippen molar-refractivity contribution in [2.75, 3.05) is 13.2 Å². The zero-order chi connectivity index (χ0) is 34.4. The summed E-state index contributed by atoms with van der Waals surface area (Å²) in [7, 11) is 0. The third kappa shape index (κ3) is 16.0. The first-order valence-corrected chi connectivity index (χ1v) is 17.9. The van der Waals surface area contributed by atoms with E-state index >= 15 is 0 Å². The van der Waals surface area contributed by atoms with E-state index in [4.69, 9.17) is 5.11 Å². The summed E-state index contributed by atoms with van der Waals surface area (Å²) in [5.41, 5.74) is 5.20. The number of hydrogen-bond donors (Lipinski definition) is 7. The molecule has 2 rings (SSSR count). The van der Waals surface area contributed by atoms with Crippen molar-refractivity contribution in [1.29, 1.82) is 0 Å². The number of aliphatic hydroxyl groups excluding tert-OH is 5. The Labute approximate surface area is 283 Å². The molecule has 0 aromatic heterocycles. The molecule has 5 atom stereocenters. The van der Waals surface area contributed by atoms with E-state index in [0.29, 0.717) is 38.5 Å². The molecule has 0 spiro atoms. The van der Waals surface area contributed by atoms with Crippen molar-refractivity contribution in [3.63, 3.8) is 0 Å². The highest BCUT2D eigenvalue weighted by Gasteiger charge is 2.26. The first-order chi connectivity index (χ1) is 22.7. The number of benzene rings is 1. The number of unbranched alkanes of at least 4 members (excludes halogenated alkanes) is 6. The van der Waals surface area contributed by atoms with E-state index in [1.807, 2.05) is 12.2 Å². The number of rotatable bonds is 21. The maximum atomic E-state index is 11.0. The van der Waals surface area contributed by atoms with Gasteiger partial charge in [0.15, 0.2) is 0 Å². The number of aliphatic hydroxyl groups is 5. The molecule has 0 fully saturated rings. The summed E-state index contributed by atoms with van der Waals surface area (Å²) in [5.74, 6) is 6.00. The molecule has 8 heteroatoms. The van der Waals surface area contributed by atoms with Gasteiger partial charge in [-0.15, -0.1) is 0 Å². The van der Waals surface area contributed by atoms with Crippen LogP contribution in [0.25, 0.3) is 0 Å². The number of carboxylic acid groups (broad SMARTS) is 1. The van der Waals surface area contributed by atoms with Crippen molar-refractivity contribution in [3.05, 3.63) is 58.2 Å². The molecule has 0 bridgehead atoms. The monoisotopic (exact) mass is 655 g/mol. The molecule has 0 radical (unpaired) electrons. The summed E-state index contributed by atoms with van der Waals surface area (Å²) in [4.78, 5) is 11.0. The first-order valence-electron chi connectivity index (χ1n) is 17.9. The molecule has 1 aliphatic heterocycles. The number of nitrogens with one attached hydrogen (secondary N) is 1. The Bertz CT molecular complexity index is 1170. The molecular formula is C39H61NO7. The lowest BCUT2D eigenvalue weighted by atomic mass is 9.86. The lowest BCUT2D eigenvalue weighted by Gasteiger charge is -2.31. The highest BCUT2D eigenvalue weighted by Crippen LogP contribution is 2.28. The van der Waals surface area contributed by atoms with Crippen molar-refractivity contribution >= 4 is 5.97 Å². The van der Waals surface area contributed by atoms with Crippen LogP contribution < -0.4 is 5.32 Å². The van der Waals surface area contributed by atoms with E-state index in [0.717, 1.165) is 85.6 Å². The Morgan fingerprint density at radius 2 is 1.81 bits per heavy atom. The van der Waals surface area contributed by atoms with Gasteiger partial charge in [-0.3, -0.25) is 4.79 Å². The maximum Gasteiger partial charge on any atom is 0.303 e. The summed E-state index contributed by atoms with van der Waals surface area (Å²) < 4.78 is 0. The van der Waals surface area contributed by atoms with Gasteiger partial charge in [0.05, 0.1) is 24.9 Å². The number of aliphatic carboxylic acids is 1. The van der Waals surface area contributed by atoms with Gasteiger partial charge in [-0.1, -0.05) is 87.6 Å². The quantitative estimate of drug-likeness (QED) is 0.0691. The van der Waals surface area contributed by atoms with Gasteiger partial charge < -0.3 is 36.0 Å². The molecule has 1 heterocycles. The smallest absolute Gasteiger partial charge is 0.303 e. The summed E-state index contributed by atoms with van der Waals surface area (Å²) in [6, 6.07) is 5.68. The zero-order valence-corrected chi connectivity index (χ0v) is 28.8. The second-order valence-corrected chi connectivity index (χ2v) is 13.1. The van der Waals surface area contributed by atoms with Crippen LogP contribution in [0.15, 0.2) is 41.5 Å². The Hall–Kier alpha value is -2.51. The molecule has 0 saturated carbocycles. The number of fused-ring (bicyclic) bond motifs is 1. The van der Waals surface area contributed by atoms with Crippen LogP contribution in [0.4, 0.5) is 0 Å². The zero-order valence-electron chi connectivity index (χ0n) is 28.8. The van der Waals surface area contributed by atoms with Crippen LogP contribution >= 0.6 is 0 Å². The van der Waals surface area contributed by atoms with E-state index in [9.17, 15) is 30.3 Å². The largest absolute Gasteiger partial charge is 0.481 e. The molecule has 264 valence electrons. The van der Waals surface area contributed by atoms with Crippen LogP contribution in [0.2, 0.25) is 0 Å². The highest BCUT2D eigenvalue weighted by atomic mass is 16.4. The van der Waals surface area contributed by atoms with Gasteiger partial charge in [-0.25, -0.2) is 0 Å². The van der Waals surface area contributed by atoms with Crippen LogP contribution in [0.5, 0.6) is 0 Å². The lowest BCUT2D eigenvalue weighted by molar-refractivity contribution is -0.137. The molecular weight excluding hydrogens is 594 g/mol. The number of carbonyl (C=O) groups is 1. The second kappa shape index (κ2) is 23.8. The molecule has 0 saturated heterocycles. The highest BCUT2D eigenvalue weighted by molar-refractivity contribution is 5.66. The van der Waals surface area contributed by atoms with Gasteiger partial charge in [0.1, 0.15) is 0 Å². The van der Waals surface area contributed by atoms with E-state index in [1.54, 1.807) is 6.92 Å². The van der Waals surface area contributed by atoms with Crippen molar-refractivity contribution in [1.82, 2.24) is 5.32 Å². The standard InChI is InChI=1S/C39H61NO7/c1-3-4-7-17-33(44)25-24-32-23-22-31-16-12-15-30(14-10-11-26-41)35(31)18-13-20-37(29(2)43)40-38(36(32)27-34(45)28-42)19-8-5-6-9-21-39(46)47/h12,15-16,24-25,29,33-34,37-38,40-45H,3-11,14,17,19-23,26-28H2,1-2H3,(H,46,47)/t29-,33-,34-,37+,38-/m0/s1. The van der Waals surface area contributed by atoms with Gasteiger partial charge in [-0.2, -0.15) is 0 Å². The molecule has 0 aliphatic carbocycles. The summed E-state index contributed by atoms with van der Waals surface area (Å²) in [6.45, 7) is 3.66. The Morgan fingerprint density at radius 1 is 1.02 bits per heavy atom. The molecule has 0 unspecified atom stereocenters. The van der Waals surface area contributed by atoms with Crippen LogP contribution in [-0.4, -0.2) is 80.2 Å².